The number of hydrogen-bond donors (Lipinski definition) is 2. The smallest absolute Gasteiger partial charge is 0.333 e. The molecule has 4 aromatic rings. The Morgan fingerprint density at radius 3 is 2.54 bits per heavy atom. The van der Waals surface area contributed by atoms with Crippen LogP contribution in [-0.2, 0) is 22.5 Å². The van der Waals surface area contributed by atoms with E-state index in [0.29, 0.717) is 40.8 Å². The second-order valence-corrected chi connectivity index (χ2v) is 9.57. The minimum atomic E-state index is -0.993. The summed E-state index contributed by atoms with van der Waals surface area (Å²) in [5.74, 6) is -0.376. The molecule has 0 fully saturated rings. The molecular formula is C27H25ClN2O6S. The molecule has 4 rings (SSSR count). The highest BCUT2D eigenvalue weighted by molar-refractivity contribution is 7.16. The Bertz CT molecular complexity index is 1480. The monoisotopic (exact) mass is 540 g/mol. The van der Waals surface area contributed by atoms with Crippen LogP contribution in [0.3, 0.4) is 0 Å². The third kappa shape index (κ3) is 6.37. The molecule has 192 valence electrons. The predicted octanol–water partition coefficient (Wildman–Crippen LogP) is 5.05. The lowest BCUT2D eigenvalue weighted by Crippen LogP contribution is -2.26. The van der Waals surface area contributed by atoms with Gasteiger partial charge in [0.1, 0.15) is 18.1 Å². The molecule has 1 aromatic heterocycles. The van der Waals surface area contributed by atoms with Crippen molar-refractivity contribution < 1.29 is 24.6 Å². The van der Waals surface area contributed by atoms with Crippen molar-refractivity contribution in [2.24, 2.45) is 5.16 Å². The molecular weight excluding hydrogens is 516 g/mol. The zero-order chi connectivity index (χ0) is 26.4. The molecule has 0 aliphatic carbocycles. The van der Waals surface area contributed by atoms with E-state index in [9.17, 15) is 19.9 Å². The normalized spacial score (nSPS) is 12.5. The van der Waals surface area contributed by atoms with Gasteiger partial charge >= 0.3 is 10.8 Å². The Balaban J connectivity index is 1.43. The first-order valence-corrected chi connectivity index (χ1v) is 12.8. The number of aliphatic carboxylic acids is 1. The predicted molar refractivity (Wildman–Crippen MR) is 144 cm³/mol. The third-order valence-corrected chi connectivity index (χ3v) is 6.89. The summed E-state index contributed by atoms with van der Waals surface area (Å²) < 4.78 is 13.5. The summed E-state index contributed by atoms with van der Waals surface area (Å²) in [4.78, 5) is 23.8. The number of hydrogen-bond acceptors (Lipinski definition) is 7. The zero-order valence-corrected chi connectivity index (χ0v) is 21.5. The van der Waals surface area contributed by atoms with Gasteiger partial charge in [-0.15, -0.1) is 0 Å². The van der Waals surface area contributed by atoms with Gasteiger partial charge in [0.15, 0.2) is 6.10 Å². The van der Waals surface area contributed by atoms with E-state index in [1.54, 1.807) is 66.1 Å². The van der Waals surface area contributed by atoms with Crippen LogP contribution in [0.2, 0.25) is 5.02 Å². The van der Waals surface area contributed by atoms with Crippen molar-refractivity contribution in [1.29, 1.82) is 0 Å². The number of fused-ring (bicyclic) bond motifs is 1. The van der Waals surface area contributed by atoms with E-state index in [1.165, 1.54) is 0 Å². The highest BCUT2D eigenvalue weighted by Gasteiger charge is 2.18. The molecule has 0 saturated carbocycles. The number of aromatic nitrogens is 1. The highest BCUT2D eigenvalue weighted by atomic mass is 35.5. The van der Waals surface area contributed by atoms with E-state index in [-0.39, 0.29) is 17.9 Å². The number of carboxylic acid groups (broad SMARTS) is 1. The van der Waals surface area contributed by atoms with Crippen molar-refractivity contribution >= 4 is 44.8 Å². The largest absolute Gasteiger partial charge is 0.492 e. The zero-order valence-electron chi connectivity index (χ0n) is 20.0. The maximum Gasteiger partial charge on any atom is 0.333 e. The number of thiazole rings is 1. The van der Waals surface area contributed by atoms with Gasteiger partial charge in [-0.2, -0.15) is 0 Å². The minimum absolute atomic E-state index is 0.119. The van der Waals surface area contributed by atoms with Crippen LogP contribution < -0.4 is 9.61 Å². The molecule has 10 heteroatoms. The van der Waals surface area contributed by atoms with Crippen LogP contribution in [0.1, 0.15) is 23.6 Å². The number of carboxylic acids is 1. The fourth-order valence-corrected chi connectivity index (χ4v) is 5.10. The lowest BCUT2D eigenvalue weighted by molar-refractivity contribution is -0.149. The van der Waals surface area contributed by atoms with Gasteiger partial charge in [-0.3, -0.25) is 9.36 Å². The first-order valence-electron chi connectivity index (χ1n) is 11.6. The van der Waals surface area contributed by atoms with Gasteiger partial charge in [-0.25, -0.2) is 4.79 Å². The van der Waals surface area contributed by atoms with Gasteiger partial charge in [0.25, 0.3) is 0 Å². The molecule has 0 amide bonds. The molecule has 0 spiro atoms. The molecule has 1 heterocycles. The van der Waals surface area contributed by atoms with Crippen LogP contribution in [0.15, 0.2) is 76.7 Å². The van der Waals surface area contributed by atoms with Crippen LogP contribution in [0.25, 0.3) is 10.2 Å². The third-order valence-electron chi connectivity index (χ3n) is 5.71. The summed E-state index contributed by atoms with van der Waals surface area (Å²) in [5, 5.41) is 22.8. The van der Waals surface area contributed by atoms with Crippen LogP contribution in [0.5, 0.6) is 5.75 Å². The van der Waals surface area contributed by atoms with E-state index in [1.807, 2.05) is 12.1 Å². The van der Waals surface area contributed by atoms with E-state index >= 15 is 0 Å². The summed E-state index contributed by atoms with van der Waals surface area (Å²) in [6, 6.07) is 19.6. The topological polar surface area (TPSA) is 110 Å². The van der Waals surface area contributed by atoms with E-state index in [2.05, 4.69) is 5.16 Å². The number of halogens is 1. The summed E-state index contributed by atoms with van der Waals surface area (Å²) >= 11 is 7.19. The molecule has 2 N–H and O–H groups in total. The Morgan fingerprint density at radius 2 is 1.86 bits per heavy atom. The van der Waals surface area contributed by atoms with Gasteiger partial charge in [0.2, 0.25) is 0 Å². The van der Waals surface area contributed by atoms with Crippen LogP contribution in [0, 0.1) is 0 Å². The van der Waals surface area contributed by atoms with Crippen LogP contribution in [-0.4, -0.2) is 45.9 Å². The summed E-state index contributed by atoms with van der Waals surface area (Å²) in [7, 11) is 0. The SMILES string of the molecule is CCOC(Cc1ccc(OCCn2c(=O)sc3cc(/C(=N\O)c4cccc(Cl)c4)ccc32)cc1)C(=O)O. The van der Waals surface area contributed by atoms with Gasteiger partial charge in [-0.1, -0.05) is 58.4 Å². The summed E-state index contributed by atoms with van der Waals surface area (Å²) in [6.07, 6.45) is -0.622. The highest BCUT2D eigenvalue weighted by Crippen LogP contribution is 2.23. The fourth-order valence-electron chi connectivity index (χ4n) is 3.95. The number of ether oxygens (including phenoxy) is 2. The number of nitrogens with zero attached hydrogens (tertiary/aromatic N) is 2. The maximum atomic E-state index is 12.7. The van der Waals surface area contributed by atoms with Crippen molar-refractivity contribution in [1.82, 2.24) is 4.57 Å². The molecule has 1 unspecified atom stereocenters. The van der Waals surface area contributed by atoms with Gasteiger partial charge in [0, 0.05) is 29.2 Å². The standard InChI is InChI=1S/C27H25ClN2O6S/c1-2-35-23(26(31)32)14-17-6-9-21(10-7-17)36-13-12-30-22-11-8-19(16-24(22)37-27(30)33)25(29-34)18-4-3-5-20(28)15-18/h3-11,15-16,23,34H,2,12-14H2,1H3,(H,31,32)/b29-25-. The number of benzene rings is 3. The second kappa shape index (κ2) is 12.1. The van der Waals surface area contributed by atoms with Crippen molar-refractivity contribution in [2.75, 3.05) is 13.2 Å². The Morgan fingerprint density at radius 1 is 1.11 bits per heavy atom. The molecule has 0 bridgehead atoms. The molecule has 0 saturated heterocycles. The molecule has 0 aliphatic heterocycles. The van der Waals surface area contributed by atoms with E-state index in [0.717, 1.165) is 27.1 Å². The van der Waals surface area contributed by atoms with E-state index < -0.39 is 12.1 Å². The summed E-state index contributed by atoms with van der Waals surface area (Å²) in [6.45, 7) is 2.71. The van der Waals surface area contributed by atoms with Crippen LogP contribution >= 0.6 is 22.9 Å². The van der Waals surface area contributed by atoms with Gasteiger partial charge in [0.05, 0.1) is 16.8 Å². The van der Waals surface area contributed by atoms with Crippen molar-refractivity contribution in [3.63, 3.8) is 0 Å². The average molecular weight is 541 g/mol. The number of oxime groups is 1. The molecule has 37 heavy (non-hydrogen) atoms. The van der Waals surface area contributed by atoms with Crippen LogP contribution in [0.4, 0.5) is 0 Å². The van der Waals surface area contributed by atoms with Gasteiger partial charge in [-0.05, 0) is 48.9 Å². The summed E-state index contributed by atoms with van der Waals surface area (Å²) in [5.41, 5.74) is 3.28. The fraction of sp³-hybridized carbons (Fsp3) is 0.222. The Hall–Kier alpha value is -3.66. The number of carbonyl (C=O) groups is 1. The molecule has 0 radical (unpaired) electrons. The lowest BCUT2D eigenvalue weighted by atomic mass is 10.0. The lowest BCUT2D eigenvalue weighted by Gasteiger charge is -2.13. The maximum absolute atomic E-state index is 12.7. The average Bonchev–Trinajstić information content (AvgIpc) is 3.19. The van der Waals surface area contributed by atoms with Crippen molar-refractivity contribution in [3.8, 4) is 5.75 Å². The molecule has 8 nitrogen and oxygen atoms in total. The van der Waals surface area contributed by atoms with Gasteiger partial charge < -0.3 is 19.8 Å². The van der Waals surface area contributed by atoms with Crippen molar-refractivity contribution in [2.45, 2.75) is 26.0 Å². The first kappa shape index (κ1) is 26.4. The van der Waals surface area contributed by atoms with Crippen molar-refractivity contribution in [3.05, 3.63) is 98.1 Å². The quantitative estimate of drug-likeness (QED) is 0.156. The Kier molecular flexibility index (Phi) is 8.60. The second-order valence-electron chi connectivity index (χ2n) is 8.14. The number of rotatable bonds is 11. The molecule has 3 aromatic carbocycles. The molecule has 0 aliphatic rings. The minimum Gasteiger partial charge on any atom is -0.492 e. The molecule has 1 atom stereocenters. The first-order chi connectivity index (χ1) is 17.9. The Labute approximate surface area is 222 Å². The van der Waals surface area contributed by atoms with E-state index in [4.69, 9.17) is 21.1 Å².